The summed E-state index contributed by atoms with van der Waals surface area (Å²) in [6.45, 7) is 6.56. The molecule has 2 unspecified atom stereocenters. The highest BCUT2D eigenvalue weighted by atomic mass is 127. The van der Waals surface area contributed by atoms with Crippen LogP contribution in [-0.4, -0.2) is 96.6 Å². The third-order valence-corrected chi connectivity index (χ3v) is 8.00. The molecule has 2 aromatic carbocycles. The van der Waals surface area contributed by atoms with Crippen LogP contribution in [0.1, 0.15) is 48.4 Å². The molecule has 274 valence electrons. The van der Waals surface area contributed by atoms with E-state index in [1.807, 2.05) is 12.1 Å². The van der Waals surface area contributed by atoms with E-state index in [9.17, 15) is 28.8 Å². The van der Waals surface area contributed by atoms with Gasteiger partial charge in [0.2, 0.25) is 5.54 Å². The molecule has 12 nitrogen and oxygen atoms in total. The number of hydrogen-bond donors (Lipinski definition) is 3. The topological polar surface area (TPSA) is 160 Å². The molecular weight excluding hydrogens is 952 g/mol. The Hall–Kier alpha value is -1.96. The number of carbonyl (C=O) groups is 6. The number of rotatable bonds is 10. The maximum Gasteiger partial charge on any atom is 0.341 e. The van der Waals surface area contributed by atoms with Gasteiger partial charge in [0.25, 0.3) is 23.0 Å². The lowest BCUT2D eigenvalue weighted by atomic mass is 9.98. The third-order valence-electron chi connectivity index (χ3n) is 6.34. The number of carbonyl (C=O) groups excluding carboxylic acids is 6. The first kappa shape index (κ1) is 49.2. The molecule has 0 aliphatic heterocycles. The summed E-state index contributed by atoms with van der Waals surface area (Å²) >= 11 is 23.9. The average Bonchev–Trinajstić information content (AvgIpc) is 3.07. The van der Waals surface area contributed by atoms with E-state index in [1.54, 1.807) is 50.2 Å². The summed E-state index contributed by atoms with van der Waals surface area (Å²) in [7, 11) is 5.82. The lowest BCUT2D eigenvalue weighted by Crippen LogP contribution is -2.62. The molecule has 2 atom stereocenters. The van der Waals surface area contributed by atoms with E-state index in [-0.39, 0.29) is 13.2 Å². The zero-order chi connectivity index (χ0) is 38.5. The van der Waals surface area contributed by atoms with Crippen LogP contribution in [0.25, 0.3) is 0 Å². The highest BCUT2D eigenvalue weighted by Gasteiger charge is 2.48. The second-order valence-corrected chi connectivity index (χ2v) is 14.3. The fourth-order valence-electron chi connectivity index (χ4n) is 3.30. The lowest BCUT2D eigenvalue weighted by molar-refractivity contribution is -0.160. The fourth-order valence-corrected chi connectivity index (χ4v) is 4.15. The van der Waals surface area contributed by atoms with Crippen molar-refractivity contribution in [2.24, 2.45) is 0 Å². The molecule has 2 rings (SSSR count). The minimum absolute atomic E-state index is 0.122. The van der Waals surface area contributed by atoms with Crippen molar-refractivity contribution in [1.29, 1.82) is 0 Å². The van der Waals surface area contributed by atoms with Crippen molar-refractivity contribution in [1.82, 2.24) is 20.9 Å². The fraction of sp³-hybridized carbons (Fsp3) is 0.419. The summed E-state index contributed by atoms with van der Waals surface area (Å²) in [5, 5.41) is 7.02. The number of likely N-dealkylation sites (N-methyl/N-ethyl adjacent to an activating group) is 4. The quantitative estimate of drug-likeness (QED) is 0.0937. The van der Waals surface area contributed by atoms with Crippen molar-refractivity contribution in [2.75, 3.05) is 41.4 Å². The molecule has 0 radical (unpaired) electrons. The monoisotopic (exact) mass is 990 g/mol. The van der Waals surface area contributed by atoms with Crippen LogP contribution >= 0.6 is 91.6 Å². The minimum Gasteiger partial charge on any atom is -0.464 e. The molecule has 0 aliphatic rings. The average molecular weight is 992 g/mol. The second-order valence-electron chi connectivity index (χ2n) is 9.45. The molecule has 49 heavy (non-hydrogen) atoms. The maximum absolute atomic E-state index is 12.6. The molecule has 0 saturated carbocycles. The van der Waals surface area contributed by atoms with Crippen LogP contribution in [0.2, 0.25) is 0 Å². The van der Waals surface area contributed by atoms with Crippen molar-refractivity contribution < 1.29 is 38.2 Å². The zero-order valence-corrected chi connectivity index (χ0v) is 35.4. The molecule has 2 aromatic rings. The van der Waals surface area contributed by atoms with Gasteiger partial charge in [-0.15, -0.1) is 0 Å². The van der Waals surface area contributed by atoms with Gasteiger partial charge in [0.05, 0.1) is 13.2 Å². The van der Waals surface area contributed by atoms with E-state index in [0.717, 1.165) is 12.0 Å². The summed E-state index contributed by atoms with van der Waals surface area (Å²) in [4.78, 5) is 71.2. The number of nitrogens with one attached hydrogen (secondary N) is 3. The molecular formula is C31H40Cl4I2N4O8. The number of esters is 2. The number of amides is 3. The number of alkyl halides is 3. The zero-order valence-electron chi connectivity index (χ0n) is 28.1. The molecule has 0 aromatic heterocycles. The number of halogens is 6. The molecule has 0 heterocycles. The summed E-state index contributed by atoms with van der Waals surface area (Å²) in [6, 6.07) is 14.0. The van der Waals surface area contributed by atoms with E-state index in [4.69, 9.17) is 55.9 Å². The largest absolute Gasteiger partial charge is 0.464 e. The van der Waals surface area contributed by atoms with Gasteiger partial charge in [0.15, 0.2) is 9.83 Å². The molecule has 0 aliphatic carbocycles. The Morgan fingerprint density at radius 3 is 1.43 bits per heavy atom. The second kappa shape index (κ2) is 25.1. The van der Waals surface area contributed by atoms with E-state index < -0.39 is 50.3 Å². The van der Waals surface area contributed by atoms with Crippen LogP contribution in [-0.2, 0) is 28.7 Å². The van der Waals surface area contributed by atoms with Gasteiger partial charge in [0, 0.05) is 39.4 Å². The van der Waals surface area contributed by atoms with Crippen molar-refractivity contribution >= 4 is 126 Å². The van der Waals surface area contributed by atoms with E-state index in [1.165, 1.54) is 42.0 Å². The third kappa shape index (κ3) is 16.7. The SMILES string of the molecule is CCOC(=O)C(C)(C(=O)NC)N(C)C(=O)c1ccc(I)cc1.CCOC(=O)C(C)(NC)C(=O)NC.ClC(Cl)Cl.O=C(Cl)c1ccc(I)cc1. The Labute approximate surface area is 334 Å². The highest BCUT2D eigenvalue weighted by molar-refractivity contribution is 14.1. The molecule has 3 N–H and O–H groups in total. The van der Waals surface area contributed by atoms with Crippen LogP contribution < -0.4 is 16.0 Å². The van der Waals surface area contributed by atoms with Gasteiger partial charge in [-0.25, -0.2) is 9.59 Å². The Balaban J connectivity index is 0. The van der Waals surface area contributed by atoms with Gasteiger partial charge >= 0.3 is 11.9 Å². The number of hydrogen-bond acceptors (Lipinski definition) is 9. The Kier molecular flexibility index (Phi) is 25.1. The molecule has 18 heteroatoms. The first-order valence-electron chi connectivity index (χ1n) is 14.1. The molecule has 0 fully saturated rings. The van der Waals surface area contributed by atoms with Gasteiger partial charge in [-0.3, -0.25) is 24.5 Å². The normalized spacial score (nSPS) is 12.3. The van der Waals surface area contributed by atoms with Crippen LogP contribution in [0.3, 0.4) is 0 Å². The Morgan fingerprint density at radius 2 is 1.10 bits per heavy atom. The van der Waals surface area contributed by atoms with Crippen molar-refractivity contribution in [2.45, 2.75) is 43.1 Å². The molecule has 0 saturated heterocycles. The molecule has 3 amide bonds. The number of ether oxygens (including phenoxy) is 2. The van der Waals surface area contributed by atoms with Crippen LogP contribution in [0.4, 0.5) is 0 Å². The van der Waals surface area contributed by atoms with E-state index >= 15 is 0 Å². The Morgan fingerprint density at radius 1 is 0.735 bits per heavy atom. The maximum atomic E-state index is 12.6. The van der Waals surface area contributed by atoms with Gasteiger partial charge in [-0.05, 0) is 140 Å². The lowest BCUT2D eigenvalue weighted by Gasteiger charge is -2.34. The standard InChI is InChI=1S/C15H19IN2O4.C8H16N2O3.C7H4ClIO.CHCl3/c1-5-22-14(21)15(2,13(20)17-3)18(4)12(19)10-6-8-11(16)9-7-10;1-5-13-7(12)8(2,10-4)6(11)9-3;8-7(10)5-1-3-6(9)4-2-5;2-1(3)4/h6-9H,5H2,1-4H3,(H,17,20);10H,5H2,1-4H3,(H,9,11);1-4H;1H. The van der Waals surface area contributed by atoms with Gasteiger partial charge < -0.3 is 25.0 Å². The predicted molar refractivity (Wildman–Crippen MR) is 209 cm³/mol. The van der Waals surface area contributed by atoms with Gasteiger partial charge in [-0.2, -0.15) is 0 Å². The summed E-state index contributed by atoms with van der Waals surface area (Å²) in [5.41, 5.74) is -2.10. The summed E-state index contributed by atoms with van der Waals surface area (Å²) in [6.07, 6.45) is 0. The van der Waals surface area contributed by atoms with Crippen molar-refractivity contribution in [3.05, 3.63) is 66.8 Å². The number of benzene rings is 2. The van der Waals surface area contributed by atoms with Crippen molar-refractivity contribution in [3.63, 3.8) is 0 Å². The smallest absolute Gasteiger partial charge is 0.341 e. The van der Waals surface area contributed by atoms with E-state index in [0.29, 0.717) is 11.1 Å². The van der Waals surface area contributed by atoms with Crippen LogP contribution in [0.5, 0.6) is 0 Å². The predicted octanol–water partition coefficient (Wildman–Crippen LogP) is 5.36. The summed E-state index contributed by atoms with van der Waals surface area (Å²) in [5.74, 6) is -2.79. The highest BCUT2D eigenvalue weighted by Crippen LogP contribution is 2.20. The number of nitrogens with zero attached hydrogens (tertiary/aromatic N) is 1. The van der Waals surface area contributed by atoms with Gasteiger partial charge in [0.1, 0.15) is 0 Å². The minimum atomic E-state index is -1.73. The molecule has 0 spiro atoms. The first-order valence-corrected chi connectivity index (χ1v) is 18.0. The van der Waals surface area contributed by atoms with Crippen LogP contribution in [0.15, 0.2) is 48.5 Å². The summed E-state index contributed by atoms with van der Waals surface area (Å²) < 4.78 is 11.0. The Bertz CT molecular complexity index is 1390. The van der Waals surface area contributed by atoms with Crippen LogP contribution in [0, 0.1) is 7.14 Å². The van der Waals surface area contributed by atoms with E-state index in [2.05, 4.69) is 61.1 Å². The van der Waals surface area contributed by atoms with Gasteiger partial charge in [-0.1, -0.05) is 34.8 Å². The van der Waals surface area contributed by atoms with Crippen molar-refractivity contribution in [3.8, 4) is 0 Å². The first-order chi connectivity index (χ1) is 22.7. The molecule has 0 bridgehead atoms.